The van der Waals surface area contributed by atoms with Crippen molar-refractivity contribution in [2.45, 2.75) is 45.1 Å². The van der Waals surface area contributed by atoms with Crippen molar-refractivity contribution in [2.75, 3.05) is 24.5 Å². The third kappa shape index (κ3) is 3.42. The first-order valence-electron chi connectivity index (χ1n) is 9.21. The van der Waals surface area contributed by atoms with Crippen LogP contribution < -0.4 is 10.2 Å². The maximum absolute atomic E-state index is 10.4. The molecule has 0 spiro atoms. The van der Waals surface area contributed by atoms with E-state index in [0.717, 1.165) is 36.6 Å². The van der Waals surface area contributed by atoms with Crippen LogP contribution in [0.15, 0.2) is 24.5 Å². The second-order valence-electron chi connectivity index (χ2n) is 7.16. The van der Waals surface area contributed by atoms with Crippen molar-refractivity contribution in [3.8, 4) is 11.4 Å². The Morgan fingerprint density at radius 2 is 2.19 bits per heavy atom. The van der Waals surface area contributed by atoms with Gasteiger partial charge in [-0.1, -0.05) is 0 Å². The number of ether oxygens (including phenoxy) is 1. The largest absolute Gasteiger partial charge is 0.388 e. The van der Waals surface area contributed by atoms with E-state index in [9.17, 15) is 5.11 Å². The minimum Gasteiger partial charge on any atom is -0.388 e. The van der Waals surface area contributed by atoms with Gasteiger partial charge in [-0.05, 0) is 38.9 Å². The highest BCUT2D eigenvalue weighted by atomic mass is 16.5. The molecule has 0 amide bonds. The molecule has 7 nitrogen and oxygen atoms in total. The second kappa shape index (κ2) is 7.26. The summed E-state index contributed by atoms with van der Waals surface area (Å²) in [6.07, 6.45) is 3.81. The summed E-state index contributed by atoms with van der Waals surface area (Å²) in [5.41, 5.74) is 3.11. The number of fused-ring (bicyclic) bond motifs is 1. The van der Waals surface area contributed by atoms with Gasteiger partial charge >= 0.3 is 0 Å². The summed E-state index contributed by atoms with van der Waals surface area (Å²) in [6.45, 7) is 6.81. The van der Waals surface area contributed by atoms with E-state index in [2.05, 4.69) is 15.2 Å². The van der Waals surface area contributed by atoms with Crippen molar-refractivity contribution in [3.63, 3.8) is 0 Å². The van der Waals surface area contributed by atoms with Gasteiger partial charge < -0.3 is 20.1 Å². The van der Waals surface area contributed by atoms with Gasteiger partial charge in [-0.15, -0.1) is 0 Å². The van der Waals surface area contributed by atoms with E-state index in [1.807, 2.05) is 26.0 Å². The molecule has 0 aliphatic carbocycles. The minimum atomic E-state index is -0.508. The molecule has 4 heterocycles. The van der Waals surface area contributed by atoms with Crippen LogP contribution in [0, 0.1) is 0 Å². The fourth-order valence-corrected chi connectivity index (χ4v) is 3.64. The van der Waals surface area contributed by atoms with Gasteiger partial charge in [-0.2, -0.15) is 0 Å². The quantitative estimate of drug-likeness (QED) is 0.851. The summed E-state index contributed by atoms with van der Waals surface area (Å²) in [4.78, 5) is 16.0. The molecule has 0 unspecified atom stereocenters. The second-order valence-corrected chi connectivity index (χ2v) is 7.16. The highest BCUT2D eigenvalue weighted by molar-refractivity contribution is 5.60. The van der Waals surface area contributed by atoms with E-state index in [1.54, 1.807) is 12.4 Å². The molecular weight excluding hydrogens is 330 g/mol. The number of hydrogen-bond acceptors (Lipinski definition) is 7. The summed E-state index contributed by atoms with van der Waals surface area (Å²) < 4.78 is 5.88. The maximum Gasteiger partial charge on any atom is 0.163 e. The Hall–Kier alpha value is -2.09. The molecular formula is C19H25N5O2. The molecule has 1 fully saturated rings. The van der Waals surface area contributed by atoms with Gasteiger partial charge in [0.25, 0.3) is 0 Å². The van der Waals surface area contributed by atoms with Crippen LogP contribution in [-0.4, -0.2) is 58.0 Å². The predicted molar refractivity (Wildman–Crippen MR) is 98.9 cm³/mol. The lowest BCUT2D eigenvalue weighted by Gasteiger charge is -2.26. The van der Waals surface area contributed by atoms with Crippen LogP contribution in [0.1, 0.15) is 25.1 Å². The van der Waals surface area contributed by atoms with Crippen molar-refractivity contribution >= 4 is 5.82 Å². The molecule has 2 aromatic rings. The number of aliphatic hydroxyl groups excluding tert-OH is 1. The normalized spacial score (nSPS) is 22.7. The van der Waals surface area contributed by atoms with Crippen LogP contribution in [0.4, 0.5) is 5.82 Å². The standard InChI is InChI=1S/C19H25N5O2/c1-12(2)26-17-11-24(10-16(17)25)19-14-5-7-21-9-15(14)22-18(23-19)13-4-3-6-20-8-13/h3-4,6,8,12,16-17,21,25H,5,7,9-11H2,1-2H3/t16-,17-/m0/s1. The smallest absolute Gasteiger partial charge is 0.163 e. The van der Waals surface area contributed by atoms with E-state index >= 15 is 0 Å². The van der Waals surface area contributed by atoms with Crippen LogP contribution >= 0.6 is 0 Å². The van der Waals surface area contributed by atoms with Crippen LogP contribution in [0.2, 0.25) is 0 Å². The number of nitrogens with one attached hydrogen (secondary N) is 1. The van der Waals surface area contributed by atoms with E-state index in [1.165, 1.54) is 5.56 Å². The number of pyridine rings is 1. The van der Waals surface area contributed by atoms with Crippen LogP contribution in [0.5, 0.6) is 0 Å². The van der Waals surface area contributed by atoms with Gasteiger partial charge in [0.2, 0.25) is 0 Å². The molecule has 0 bridgehead atoms. The zero-order valence-corrected chi connectivity index (χ0v) is 15.2. The van der Waals surface area contributed by atoms with E-state index in [4.69, 9.17) is 14.7 Å². The molecule has 26 heavy (non-hydrogen) atoms. The molecule has 0 saturated carbocycles. The molecule has 2 N–H and O–H groups in total. The van der Waals surface area contributed by atoms with Crippen molar-refractivity contribution < 1.29 is 9.84 Å². The zero-order chi connectivity index (χ0) is 18.1. The molecule has 2 atom stereocenters. The fourth-order valence-electron chi connectivity index (χ4n) is 3.64. The number of nitrogens with zero attached hydrogens (tertiary/aromatic N) is 4. The van der Waals surface area contributed by atoms with Gasteiger partial charge in [-0.25, -0.2) is 9.97 Å². The van der Waals surface area contributed by atoms with Crippen molar-refractivity contribution in [1.82, 2.24) is 20.3 Å². The van der Waals surface area contributed by atoms with Crippen molar-refractivity contribution in [2.24, 2.45) is 0 Å². The van der Waals surface area contributed by atoms with Crippen LogP contribution in [0.3, 0.4) is 0 Å². The Bertz CT molecular complexity index is 768. The molecule has 0 radical (unpaired) electrons. The monoisotopic (exact) mass is 355 g/mol. The molecule has 2 aromatic heterocycles. The van der Waals surface area contributed by atoms with Crippen LogP contribution in [-0.2, 0) is 17.7 Å². The maximum atomic E-state index is 10.4. The summed E-state index contributed by atoms with van der Waals surface area (Å²) >= 11 is 0. The Morgan fingerprint density at radius 3 is 2.96 bits per heavy atom. The fraction of sp³-hybridized carbons (Fsp3) is 0.526. The van der Waals surface area contributed by atoms with Gasteiger partial charge in [-0.3, -0.25) is 4.98 Å². The molecule has 2 aliphatic rings. The molecule has 7 heteroatoms. The zero-order valence-electron chi connectivity index (χ0n) is 15.2. The SMILES string of the molecule is CC(C)O[C@H]1CN(c2nc(-c3cccnc3)nc3c2CCNC3)C[C@@H]1O. The Kier molecular flexibility index (Phi) is 4.84. The summed E-state index contributed by atoms with van der Waals surface area (Å²) in [6, 6.07) is 3.86. The first kappa shape index (κ1) is 17.3. The van der Waals surface area contributed by atoms with Gasteiger partial charge in [0.05, 0.1) is 17.9 Å². The molecule has 138 valence electrons. The predicted octanol–water partition coefficient (Wildman–Crippen LogP) is 1.16. The minimum absolute atomic E-state index is 0.0871. The van der Waals surface area contributed by atoms with Gasteiger partial charge in [0, 0.05) is 43.2 Å². The molecule has 1 saturated heterocycles. The number of aliphatic hydroxyl groups is 1. The average Bonchev–Trinajstić information content (AvgIpc) is 3.01. The lowest BCUT2D eigenvalue weighted by molar-refractivity contribution is -0.0386. The lowest BCUT2D eigenvalue weighted by Crippen LogP contribution is -2.31. The number of β-amino-alcohol motifs (C(OH)–C–C–N with tert-alkyl or cyclic N) is 1. The first-order valence-corrected chi connectivity index (χ1v) is 9.21. The Morgan fingerprint density at radius 1 is 1.31 bits per heavy atom. The Labute approximate surface area is 153 Å². The third-order valence-corrected chi connectivity index (χ3v) is 4.82. The number of anilines is 1. The summed E-state index contributed by atoms with van der Waals surface area (Å²) in [5, 5.41) is 13.8. The third-order valence-electron chi connectivity index (χ3n) is 4.82. The van der Waals surface area contributed by atoms with Gasteiger partial charge in [0.15, 0.2) is 5.82 Å². The topological polar surface area (TPSA) is 83.4 Å². The van der Waals surface area contributed by atoms with Crippen LogP contribution in [0.25, 0.3) is 11.4 Å². The lowest BCUT2D eigenvalue weighted by atomic mass is 10.1. The molecule has 0 aromatic carbocycles. The highest BCUT2D eigenvalue weighted by Gasteiger charge is 2.35. The highest BCUT2D eigenvalue weighted by Crippen LogP contribution is 2.30. The number of aromatic nitrogens is 3. The van der Waals surface area contributed by atoms with Gasteiger partial charge in [0.1, 0.15) is 11.9 Å². The van der Waals surface area contributed by atoms with E-state index < -0.39 is 6.10 Å². The van der Waals surface area contributed by atoms with Crippen molar-refractivity contribution in [3.05, 3.63) is 35.8 Å². The number of hydrogen-bond donors (Lipinski definition) is 2. The summed E-state index contributed by atoms with van der Waals surface area (Å²) in [5.74, 6) is 1.60. The molecule has 4 rings (SSSR count). The van der Waals surface area contributed by atoms with E-state index in [0.29, 0.717) is 18.9 Å². The average molecular weight is 355 g/mol. The molecule has 2 aliphatic heterocycles. The Balaban J connectivity index is 1.71. The number of rotatable bonds is 4. The van der Waals surface area contributed by atoms with E-state index in [-0.39, 0.29) is 12.2 Å². The summed E-state index contributed by atoms with van der Waals surface area (Å²) in [7, 11) is 0. The van der Waals surface area contributed by atoms with Crippen molar-refractivity contribution in [1.29, 1.82) is 0 Å². The first-order chi connectivity index (χ1) is 12.6.